The van der Waals surface area contributed by atoms with E-state index in [4.69, 9.17) is 10.9 Å². The molecule has 0 amide bonds. The lowest BCUT2D eigenvalue weighted by molar-refractivity contribution is 0.317. The van der Waals surface area contributed by atoms with E-state index in [1.165, 1.54) is 32.1 Å². The highest BCUT2D eigenvalue weighted by Gasteiger charge is 2.18. The Kier molecular flexibility index (Phi) is 4.42. The van der Waals surface area contributed by atoms with Gasteiger partial charge in [0.2, 0.25) is 0 Å². The van der Waals surface area contributed by atoms with E-state index in [1.807, 2.05) is 18.7 Å². The molecule has 0 heterocycles. The van der Waals surface area contributed by atoms with Crippen LogP contribution >= 0.6 is 11.8 Å². The summed E-state index contributed by atoms with van der Waals surface area (Å²) < 4.78 is 0. The van der Waals surface area contributed by atoms with E-state index in [-0.39, 0.29) is 5.25 Å². The van der Waals surface area contributed by atoms with Gasteiger partial charge in [-0.3, -0.25) is 0 Å². The molecule has 0 radical (unpaired) electrons. The Morgan fingerprint density at radius 2 is 2.08 bits per heavy atom. The van der Waals surface area contributed by atoms with Gasteiger partial charge >= 0.3 is 0 Å². The van der Waals surface area contributed by atoms with Gasteiger partial charge in [0.05, 0.1) is 5.25 Å². The maximum Gasteiger partial charge on any atom is 0.152 e. The minimum atomic E-state index is 0.146. The van der Waals surface area contributed by atoms with Crippen LogP contribution in [0.3, 0.4) is 0 Å². The molecule has 1 aliphatic carbocycles. The minimum Gasteiger partial charge on any atom is -0.409 e. The third kappa shape index (κ3) is 3.46. The monoisotopic (exact) mass is 202 g/mol. The largest absolute Gasteiger partial charge is 0.409 e. The summed E-state index contributed by atoms with van der Waals surface area (Å²) in [6.07, 6.45) is 6.61. The average molecular weight is 202 g/mol. The van der Waals surface area contributed by atoms with Crippen molar-refractivity contribution in [3.63, 3.8) is 0 Å². The molecule has 1 rings (SSSR count). The fourth-order valence-electron chi connectivity index (χ4n) is 1.64. The van der Waals surface area contributed by atoms with E-state index in [0.29, 0.717) is 11.1 Å². The normalized spacial score (nSPS) is 23.0. The summed E-state index contributed by atoms with van der Waals surface area (Å²) in [5.74, 6) is 0.343. The lowest BCUT2D eigenvalue weighted by Crippen LogP contribution is -2.26. The lowest BCUT2D eigenvalue weighted by Gasteiger charge is -2.23. The van der Waals surface area contributed by atoms with Gasteiger partial charge in [-0.15, -0.1) is 11.8 Å². The molecule has 0 aromatic heterocycles. The molecule has 4 heteroatoms. The zero-order valence-corrected chi connectivity index (χ0v) is 8.89. The lowest BCUT2D eigenvalue weighted by atomic mass is 10.0. The number of nitrogens with zero attached hydrogens (tertiary/aromatic N) is 1. The molecule has 1 aliphatic rings. The predicted octanol–water partition coefficient (Wildman–Crippen LogP) is 2.19. The number of rotatable bonds is 3. The van der Waals surface area contributed by atoms with Crippen LogP contribution in [0, 0.1) is 0 Å². The number of hydrogen-bond donors (Lipinski definition) is 2. The Bertz CT molecular complexity index is 178. The molecule has 1 saturated carbocycles. The summed E-state index contributed by atoms with van der Waals surface area (Å²) in [6, 6.07) is 0. The van der Waals surface area contributed by atoms with Gasteiger partial charge in [0, 0.05) is 5.25 Å². The molecule has 0 spiro atoms. The second-order valence-corrected chi connectivity index (χ2v) is 5.21. The molecule has 13 heavy (non-hydrogen) atoms. The maximum atomic E-state index is 8.48. The van der Waals surface area contributed by atoms with Crippen molar-refractivity contribution in [2.45, 2.75) is 49.5 Å². The van der Waals surface area contributed by atoms with E-state index in [1.54, 1.807) is 0 Å². The minimum absolute atomic E-state index is 0.146. The Balaban J connectivity index is 2.30. The van der Waals surface area contributed by atoms with Gasteiger partial charge in [-0.25, -0.2) is 0 Å². The SMILES string of the molecule is CC(SC1CCCCC1)C(N)=NO. The van der Waals surface area contributed by atoms with Crippen LogP contribution in [-0.4, -0.2) is 21.5 Å². The van der Waals surface area contributed by atoms with E-state index in [9.17, 15) is 0 Å². The Hall–Kier alpha value is -0.380. The fraction of sp³-hybridized carbons (Fsp3) is 0.889. The first-order valence-corrected chi connectivity index (χ1v) is 5.81. The smallest absolute Gasteiger partial charge is 0.152 e. The van der Waals surface area contributed by atoms with Gasteiger partial charge in [0.15, 0.2) is 5.84 Å². The molecule has 3 nitrogen and oxygen atoms in total. The van der Waals surface area contributed by atoms with Crippen molar-refractivity contribution in [3.8, 4) is 0 Å². The van der Waals surface area contributed by atoms with Crippen molar-refractivity contribution >= 4 is 17.6 Å². The number of nitrogens with two attached hydrogens (primary N) is 1. The second kappa shape index (κ2) is 5.37. The molecular formula is C9H18N2OS. The highest BCUT2D eigenvalue weighted by atomic mass is 32.2. The van der Waals surface area contributed by atoms with Crippen molar-refractivity contribution < 1.29 is 5.21 Å². The summed E-state index contributed by atoms with van der Waals surface area (Å²) in [6.45, 7) is 1.99. The highest BCUT2D eigenvalue weighted by Crippen LogP contribution is 2.30. The summed E-state index contributed by atoms with van der Waals surface area (Å²) in [5.41, 5.74) is 5.51. The van der Waals surface area contributed by atoms with Crippen LogP contribution in [0.2, 0.25) is 0 Å². The Labute approximate surface area is 83.8 Å². The fourth-order valence-corrected chi connectivity index (χ4v) is 3.01. The highest BCUT2D eigenvalue weighted by molar-refractivity contribution is 8.01. The van der Waals surface area contributed by atoms with Crippen LogP contribution < -0.4 is 5.73 Å². The van der Waals surface area contributed by atoms with E-state index in [2.05, 4.69) is 5.16 Å². The van der Waals surface area contributed by atoms with Crippen LogP contribution in [0.15, 0.2) is 5.16 Å². The molecule has 1 fully saturated rings. The first-order chi connectivity index (χ1) is 6.24. The van der Waals surface area contributed by atoms with Crippen molar-refractivity contribution in [2.24, 2.45) is 10.9 Å². The van der Waals surface area contributed by atoms with Crippen molar-refractivity contribution in [1.82, 2.24) is 0 Å². The van der Waals surface area contributed by atoms with Gasteiger partial charge in [0.1, 0.15) is 0 Å². The number of hydrogen-bond acceptors (Lipinski definition) is 3. The molecule has 0 aliphatic heterocycles. The van der Waals surface area contributed by atoms with Crippen molar-refractivity contribution in [1.29, 1.82) is 0 Å². The number of oxime groups is 1. The van der Waals surface area contributed by atoms with Crippen LogP contribution in [0.25, 0.3) is 0 Å². The van der Waals surface area contributed by atoms with Crippen LogP contribution in [0.5, 0.6) is 0 Å². The molecule has 76 valence electrons. The Morgan fingerprint density at radius 3 is 2.62 bits per heavy atom. The second-order valence-electron chi connectivity index (χ2n) is 3.56. The molecule has 0 bridgehead atoms. The maximum absolute atomic E-state index is 8.48. The first-order valence-electron chi connectivity index (χ1n) is 4.87. The molecule has 1 atom stereocenters. The molecule has 0 aromatic carbocycles. The average Bonchev–Trinajstić information content (AvgIpc) is 2.18. The first kappa shape index (κ1) is 10.7. The summed E-state index contributed by atoms with van der Waals surface area (Å²) in [7, 11) is 0. The molecule has 0 aromatic rings. The predicted molar refractivity (Wildman–Crippen MR) is 57.3 cm³/mol. The molecule has 0 saturated heterocycles. The van der Waals surface area contributed by atoms with E-state index in [0.717, 1.165) is 0 Å². The topological polar surface area (TPSA) is 58.6 Å². The third-order valence-corrected chi connectivity index (χ3v) is 3.99. The number of thioether (sulfide) groups is 1. The van der Waals surface area contributed by atoms with E-state index < -0.39 is 0 Å². The van der Waals surface area contributed by atoms with Gasteiger partial charge in [-0.05, 0) is 19.8 Å². The summed E-state index contributed by atoms with van der Waals surface area (Å²) in [4.78, 5) is 0. The van der Waals surface area contributed by atoms with Gasteiger partial charge in [-0.2, -0.15) is 0 Å². The zero-order chi connectivity index (χ0) is 9.68. The Morgan fingerprint density at radius 1 is 1.46 bits per heavy atom. The standard InChI is InChI=1S/C9H18N2OS/c1-7(9(10)11-12)13-8-5-3-2-4-6-8/h7-8,12H,2-6H2,1H3,(H2,10,11). The van der Waals surface area contributed by atoms with Crippen molar-refractivity contribution in [2.75, 3.05) is 0 Å². The van der Waals surface area contributed by atoms with Gasteiger partial charge in [0.25, 0.3) is 0 Å². The van der Waals surface area contributed by atoms with Gasteiger partial charge in [-0.1, -0.05) is 24.4 Å². The quantitative estimate of drug-likeness (QED) is 0.319. The van der Waals surface area contributed by atoms with Gasteiger partial charge < -0.3 is 10.9 Å². The number of amidine groups is 1. The molecule has 3 N–H and O–H groups in total. The van der Waals surface area contributed by atoms with Crippen LogP contribution in [-0.2, 0) is 0 Å². The zero-order valence-electron chi connectivity index (χ0n) is 8.07. The van der Waals surface area contributed by atoms with E-state index >= 15 is 0 Å². The molecular weight excluding hydrogens is 184 g/mol. The van der Waals surface area contributed by atoms with Crippen molar-refractivity contribution in [3.05, 3.63) is 0 Å². The van der Waals surface area contributed by atoms with Crippen LogP contribution in [0.1, 0.15) is 39.0 Å². The van der Waals surface area contributed by atoms with Crippen LogP contribution in [0.4, 0.5) is 0 Å². The molecule has 1 unspecified atom stereocenters. The summed E-state index contributed by atoms with van der Waals surface area (Å²) in [5, 5.41) is 12.4. The summed E-state index contributed by atoms with van der Waals surface area (Å²) >= 11 is 1.84. The third-order valence-electron chi connectivity index (χ3n) is 2.48.